The second-order valence-electron chi connectivity index (χ2n) is 3.80. The molecule has 102 valence electrons. The number of aromatic nitrogens is 1. The van der Waals surface area contributed by atoms with Crippen molar-refractivity contribution in [2.45, 2.75) is 18.9 Å². The zero-order valence-corrected chi connectivity index (χ0v) is 10.4. The average molecular weight is 289 g/mol. The van der Waals surface area contributed by atoms with Gasteiger partial charge in [-0.3, -0.25) is 4.98 Å². The molecule has 1 N–H and O–H groups in total. The number of aliphatic hydroxyl groups excluding tert-OH is 1. The number of hydrogen-bond acceptors (Lipinski definition) is 4. The maximum Gasteiger partial charge on any atom is 0.573 e. The lowest BCUT2D eigenvalue weighted by Gasteiger charge is -2.12. The lowest BCUT2D eigenvalue weighted by molar-refractivity contribution is -0.274. The molecule has 19 heavy (non-hydrogen) atoms. The van der Waals surface area contributed by atoms with E-state index < -0.39 is 12.5 Å². The Morgan fingerprint density at radius 2 is 1.95 bits per heavy atom. The van der Waals surface area contributed by atoms with Crippen LogP contribution >= 0.6 is 11.3 Å². The van der Waals surface area contributed by atoms with Crippen LogP contribution in [-0.4, -0.2) is 16.5 Å². The van der Waals surface area contributed by atoms with E-state index in [-0.39, 0.29) is 5.75 Å². The minimum atomic E-state index is -4.71. The van der Waals surface area contributed by atoms with Gasteiger partial charge < -0.3 is 9.84 Å². The predicted octanol–water partition coefficient (Wildman–Crippen LogP) is 3.32. The van der Waals surface area contributed by atoms with Crippen LogP contribution in [0.15, 0.2) is 36.0 Å². The fourth-order valence-electron chi connectivity index (χ4n) is 1.54. The van der Waals surface area contributed by atoms with E-state index in [0.717, 1.165) is 4.88 Å². The molecule has 2 rings (SSSR count). The minimum absolute atomic E-state index is 0.304. The highest BCUT2D eigenvalue weighted by molar-refractivity contribution is 7.09. The minimum Gasteiger partial charge on any atom is -0.406 e. The highest BCUT2D eigenvalue weighted by Gasteiger charge is 2.31. The van der Waals surface area contributed by atoms with Crippen LogP contribution in [0, 0.1) is 0 Å². The first kappa shape index (κ1) is 13.8. The van der Waals surface area contributed by atoms with Gasteiger partial charge >= 0.3 is 6.36 Å². The molecule has 7 heteroatoms. The number of aliphatic hydroxyl groups is 1. The van der Waals surface area contributed by atoms with E-state index in [2.05, 4.69) is 9.72 Å². The van der Waals surface area contributed by atoms with Gasteiger partial charge in [0.15, 0.2) is 0 Å². The van der Waals surface area contributed by atoms with Crippen molar-refractivity contribution >= 4 is 11.3 Å². The fraction of sp³-hybridized carbons (Fsp3) is 0.250. The first-order chi connectivity index (χ1) is 8.94. The highest BCUT2D eigenvalue weighted by Crippen LogP contribution is 2.26. The van der Waals surface area contributed by atoms with Crippen LogP contribution in [0.5, 0.6) is 5.75 Å². The number of thiazole rings is 1. The molecular formula is C12H10F3NO2S. The summed E-state index contributed by atoms with van der Waals surface area (Å²) in [4.78, 5) is 4.79. The van der Waals surface area contributed by atoms with Crippen LogP contribution < -0.4 is 4.74 Å². The number of hydrogen-bond donors (Lipinski definition) is 1. The quantitative estimate of drug-likeness (QED) is 0.939. The number of rotatable bonds is 4. The second kappa shape index (κ2) is 5.58. The second-order valence-corrected chi connectivity index (χ2v) is 4.78. The van der Waals surface area contributed by atoms with Crippen molar-refractivity contribution in [1.82, 2.24) is 4.98 Å². The smallest absolute Gasteiger partial charge is 0.406 e. The van der Waals surface area contributed by atoms with Crippen molar-refractivity contribution < 1.29 is 23.0 Å². The van der Waals surface area contributed by atoms with Gasteiger partial charge in [-0.15, -0.1) is 24.5 Å². The Balaban J connectivity index is 2.01. The Hall–Kier alpha value is -1.60. The van der Waals surface area contributed by atoms with Crippen LogP contribution in [0.3, 0.4) is 0 Å². The van der Waals surface area contributed by atoms with Crippen LogP contribution in [0.25, 0.3) is 0 Å². The zero-order chi connectivity index (χ0) is 13.9. The van der Waals surface area contributed by atoms with Crippen molar-refractivity contribution in [3.8, 4) is 5.75 Å². The molecule has 0 saturated heterocycles. The van der Waals surface area contributed by atoms with Crippen molar-refractivity contribution in [3.63, 3.8) is 0 Å². The van der Waals surface area contributed by atoms with Gasteiger partial charge in [0.25, 0.3) is 0 Å². The van der Waals surface area contributed by atoms with E-state index in [1.165, 1.54) is 35.6 Å². The molecule has 1 heterocycles. The maximum atomic E-state index is 12.0. The summed E-state index contributed by atoms with van der Waals surface area (Å²) >= 11 is 1.41. The molecule has 0 fully saturated rings. The molecule has 2 aromatic rings. The number of benzene rings is 1. The first-order valence-corrected chi connectivity index (χ1v) is 6.23. The summed E-state index contributed by atoms with van der Waals surface area (Å²) in [6.07, 6.45) is -3.46. The van der Waals surface area contributed by atoms with Gasteiger partial charge in [-0.2, -0.15) is 0 Å². The molecule has 1 atom stereocenters. The third-order valence-electron chi connectivity index (χ3n) is 2.38. The van der Waals surface area contributed by atoms with Gasteiger partial charge in [-0.25, -0.2) is 0 Å². The Labute approximate surface area is 111 Å². The topological polar surface area (TPSA) is 42.4 Å². The predicted molar refractivity (Wildman–Crippen MR) is 63.9 cm³/mol. The van der Waals surface area contributed by atoms with Crippen LogP contribution in [0.1, 0.15) is 16.5 Å². The summed E-state index contributed by atoms with van der Waals surface area (Å²) < 4.78 is 39.7. The zero-order valence-electron chi connectivity index (χ0n) is 9.59. The summed E-state index contributed by atoms with van der Waals surface area (Å²) in [5, 5.41) is 9.93. The highest BCUT2D eigenvalue weighted by atomic mass is 32.1. The summed E-state index contributed by atoms with van der Waals surface area (Å²) in [7, 11) is 0. The maximum absolute atomic E-state index is 12.0. The van der Waals surface area contributed by atoms with Gasteiger partial charge in [0.2, 0.25) is 0 Å². The molecule has 0 aliphatic rings. The molecule has 0 saturated carbocycles. The molecule has 0 radical (unpaired) electrons. The van der Waals surface area contributed by atoms with Crippen molar-refractivity contribution in [1.29, 1.82) is 0 Å². The third kappa shape index (κ3) is 4.22. The lowest BCUT2D eigenvalue weighted by atomic mass is 10.1. The summed E-state index contributed by atoms with van der Waals surface area (Å²) in [5.74, 6) is -0.304. The van der Waals surface area contributed by atoms with E-state index in [4.69, 9.17) is 0 Å². The largest absolute Gasteiger partial charge is 0.573 e. The van der Waals surface area contributed by atoms with E-state index in [1.807, 2.05) is 0 Å². The van der Waals surface area contributed by atoms with E-state index in [1.54, 1.807) is 11.7 Å². The van der Waals surface area contributed by atoms with Gasteiger partial charge in [0.05, 0.1) is 11.6 Å². The van der Waals surface area contributed by atoms with Crippen LogP contribution in [0.2, 0.25) is 0 Å². The summed E-state index contributed by atoms with van der Waals surface area (Å²) in [6.45, 7) is 0. The Bertz CT molecular complexity index is 511. The standard InChI is InChI=1S/C12H10F3NO2S/c13-12(14,15)18-9-3-1-8(2-4-9)11(17)5-10-6-16-7-19-10/h1-4,6-7,11,17H,5H2. The van der Waals surface area contributed by atoms with Crippen molar-refractivity contribution in [3.05, 3.63) is 46.4 Å². The number of alkyl halides is 3. The van der Waals surface area contributed by atoms with Crippen LogP contribution in [-0.2, 0) is 6.42 Å². The number of ether oxygens (including phenoxy) is 1. The van der Waals surface area contributed by atoms with Crippen LogP contribution in [0.4, 0.5) is 13.2 Å². The van der Waals surface area contributed by atoms with Gasteiger partial charge in [0.1, 0.15) is 5.75 Å². The molecular weight excluding hydrogens is 279 g/mol. The van der Waals surface area contributed by atoms with Gasteiger partial charge in [-0.05, 0) is 17.7 Å². The molecule has 0 aliphatic heterocycles. The van der Waals surface area contributed by atoms with E-state index >= 15 is 0 Å². The SMILES string of the molecule is OC(Cc1cncs1)c1ccc(OC(F)(F)F)cc1. The molecule has 1 aromatic carbocycles. The Morgan fingerprint density at radius 3 is 2.47 bits per heavy atom. The Morgan fingerprint density at radius 1 is 1.26 bits per heavy atom. The normalized spacial score (nSPS) is 13.3. The lowest BCUT2D eigenvalue weighted by Crippen LogP contribution is -2.17. The monoisotopic (exact) mass is 289 g/mol. The molecule has 0 bridgehead atoms. The summed E-state index contributed by atoms with van der Waals surface area (Å²) in [6, 6.07) is 5.18. The molecule has 3 nitrogen and oxygen atoms in total. The molecule has 0 aliphatic carbocycles. The molecule has 0 spiro atoms. The Kier molecular flexibility index (Phi) is 4.06. The molecule has 1 aromatic heterocycles. The number of nitrogens with zero attached hydrogens (tertiary/aromatic N) is 1. The molecule has 1 unspecified atom stereocenters. The third-order valence-corrected chi connectivity index (χ3v) is 3.18. The number of halogens is 3. The van der Waals surface area contributed by atoms with Gasteiger partial charge in [0, 0.05) is 17.5 Å². The van der Waals surface area contributed by atoms with E-state index in [9.17, 15) is 18.3 Å². The van der Waals surface area contributed by atoms with E-state index in [0.29, 0.717) is 12.0 Å². The van der Waals surface area contributed by atoms with Gasteiger partial charge in [-0.1, -0.05) is 12.1 Å². The fourth-order valence-corrected chi connectivity index (χ4v) is 2.18. The first-order valence-electron chi connectivity index (χ1n) is 5.35. The van der Waals surface area contributed by atoms with Crippen molar-refractivity contribution in [2.24, 2.45) is 0 Å². The van der Waals surface area contributed by atoms with Crippen molar-refractivity contribution in [2.75, 3.05) is 0 Å². The summed E-state index contributed by atoms with van der Waals surface area (Å²) in [5.41, 5.74) is 2.19. The molecule has 0 amide bonds. The average Bonchev–Trinajstić information content (AvgIpc) is 2.80.